The minimum atomic E-state index is -0.194. The van der Waals surface area contributed by atoms with Crippen molar-refractivity contribution in [2.75, 3.05) is 6.66 Å². The Labute approximate surface area is 294 Å². The molecule has 0 aliphatic carbocycles. The van der Waals surface area contributed by atoms with Crippen LogP contribution >= 0.6 is 7.92 Å². The maximum atomic E-state index is 4.22. The molecule has 0 amide bonds. The van der Waals surface area contributed by atoms with Crippen LogP contribution < -0.4 is 0 Å². The molecule has 0 N–H and O–H groups in total. The summed E-state index contributed by atoms with van der Waals surface area (Å²) in [7, 11) is 0.107. The van der Waals surface area contributed by atoms with Gasteiger partial charge in [0.05, 0.1) is 0 Å². The first-order valence-corrected chi connectivity index (χ1v) is 17.4. The molecule has 47 heavy (non-hydrogen) atoms. The first-order valence-electron chi connectivity index (χ1n) is 15.4. The maximum Gasteiger partial charge on any atom is 2.00 e. The Morgan fingerprint density at radius 3 is 1.45 bits per heavy atom. The van der Waals surface area contributed by atoms with Crippen molar-refractivity contribution in [1.29, 1.82) is 0 Å². The second-order valence-corrected chi connectivity index (χ2v) is 14.4. The van der Waals surface area contributed by atoms with Crippen molar-refractivity contribution < 1.29 is 19.5 Å². The van der Waals surface area contributed by atoms with Gasteiger partial charge in [0.2, 0.25) is 0 Å². The first-order chi connectivity index (χ1) is 22.4. The van der Waals surface area contributed by atoms with E-state index in [1.165, 1.54) is 0 Å². The number of allylic oxidation sites excluding steroid dienone is 1. The van der Waals surface area contributed by atoms with E-state index in [1.807, 2.05) is 116 Å². The Hall–Kier alpha value is -4.29. The van der Waals surface area contributed by atoms with Crippen molar-refractivity contribution in [3.63, 3.8) is 0 Å². The molecule has 0 aliphatic heterocycles. The Morgan fingerprint density at radius 1 is 0.638 bits per heavy atom. The molecule has 239 valence electrons. The largest absolute Gasteiger partial charge is 2.00 e. The Bertz CT molecular complexity index is 1660. The molecule has 0 bridgehead atoms. The summed E-state index contributed by atoms with van der Waals surface area (Å²) in [5, 5.41) is 12.7. The molecule has 0 spiro atoms. The fourth-order valence-corrected chi connectivity index (χ4v) is 5.51. The van der Waals surface area contributed by atoms with Crippen LogP contribution in [0.1, 0.15) is 44.4 Å². The molecular weight excluding hydrogens is 683 g/mol. The van der Waals surface area contributed by atoms with E-state index in [1.54, 1.807) is 32.4 Å². The molecule has 6 aromatic rings. The van der Waals surface area contributed by atoms with Crippen molar-refractivity contribution in [3.05, 3.63) is 169 Å². The van der Waals surface area contributed by atoms with Crippen LogP contribution in [0.4, 0.5) is 0 Å². The van der Waals surface area contributed by atoms with Crippen molar-refractivity contribution in [2.24, 2.45) is 0 Å². The van der Waals surface area contributed by atoms with Gasteiger partial charge in [-0.1, -0.05) is 106 Å². The van der Waals surface area contributed by atoms with Gasteiger partial charge >= 0.3 is 19.5 Å². The molecule has 0 saturated carbocycles. The molecule has 0 fully saturated rings. The predicted molar refractivity (Wildman–Crippen MR) is 194 cm³/mol. The predicted octanol–water partition coefficient (Wildman–Crippen LogP) is 8.09. The smallest absolute Gasteiger partial charge is 0.425 e. The van der Waals surface area contributed by atoms with E-state index in [0.717, 1.165) is 33.6 Å². The molecule has 0 aliphatic rings. The van der Waals surface area contributed by atoms with Crippen LogP contribution in [0.25, 0.3) is 5.57 Å². The van der Waals surface area contributed by atoms with Gasteiger partial charge in [-0.15, -0.1) is 37.6 Å². The number of benzene rings is 3. The van der Waals surface area contributed by atoms with Crippen molar-refractivity contribution in [3.8, 4) is 11.8 Å². The third kappa shape index (κ3) is 12.1. The second-order valence-electron chi connectivity index (χ2n) is 11.0. The summed E-state index contributed by atoms with van der Waals surface area (Å²) < 4.78 is 5.38. The maximum absolute atomic E-state index is 4.22. The van der Waals surface area contributed by atoms with E-state index >= 15 is 0 Å². The van der Waals surface area contributed by atoms with E-state index in [9.17, 15) is 0 Å². The summed E-state index contributed by atoms with van der Waals surface area (Å²) in [6.45, 7) is 11.6. The minimum absolute atomic E-state index is 0. The molecule has 0 unspecified atom stereocenters. The van der Waals surface area contributed by atoms with Crippen LogP contribution in [-0.2, 0) is 19.5 Å². The van der Waals surface area contributed by atoms with Crippen LogP contribution in [0.2, 0.25) is 0 Å². The summed E-state index contributed by atoms with van der Waals surface area (Å²) in [6, 6.07) is 35.9. The summed E-state index contributed by atoms with van der Waals surface area (Å²) in [6.07, 6.45) is 14.3. The Morgan fingerprint density at radius 2 is 1.06 bits per heavy atom. The SMILES string of the molecule is C(#Cc1ccccc1)C(=[C-]c1ccccc1)c1ccccc1.CC(C)P(C)C(C)C.[Ru+2].c1cnn([B-](n2cccn2)n2cccn2)c1. The van der Waals surface area contributed by atoms with Gasteiger partial charge < -0.3 is 13.8 Å². The first kappa shape index (κ1) is 37.2. The summed E-state index contributed by atoms with van der Waals surface area (Å²) in [5.41, 5.74) is 5.83. The monoisotopic (exact) mass is 725 g/mol. The Balaban J connectivity index is 0.000000211. The number of hydrogen-bond donors (Lipinski definition) is 0. The fraction of sp³-hybridized carbons (Fsp3) is 0.184. The third-order valence-corrected chi connectivity index (χ3v) is 10.4. The zero-order chi connectivity index (χ0) is 32.6. The second kappa shape index (κ2) is 20.1. The standard InChI is InChI=1S/C22H15.C9H9BN6.C7H17P.Ru/c1-4-10-19(11-5-1)16-17-22(21-14-8-3-9-15-21)18-20-12-6-2-7-13-20;1-4-11-14(7-1)10(15-8-2-5-12-15)16-9-3-6-13-16;1-6(2)8(5)7(3)4;/h1-15H;1-9H;6-7H,1-5H3;/q2*-1;;+2. The minimum Gasteiger partial charge on any atom is -0.425 e. The molecule has 9 heteroatoms. The quantitative estimate of drug-likeness (QED) is 0.0550. The fourth-order valence-electron chi connectivity index (χ4n) is 4.31. The van der Waals surface area contributed by atoms with Gasteiger partial charge in [0.25, 0.3) is 7.12 Å². The average Bonchev–Trinajstić information content (AvgIpc) is 3.91. The zero-order valence-electron chi connectivity index (χ0n) is 27.6. The van der Waals surface area contributed by atoms with Gasteiger partial charge in [0, 0.05) is 24.2 Å². The summed E-state index contributed by atoms with van der Waals surface area (Å²) in [5.74, 6) is 6.47. The van der Waals surface area contributed by atoms with Gasteiger partial charge in [-0.2, -0.15) is 5.92 Å². The van der Waals surface area contributed by atoms with E-state index in [4.69, 9.17) is 0 Å². The van der Waals surface area contributed by atoms with Crippen LogP contribution in [0.5, 0.6) is 0 Å². The van der Waals surface area contributed by atoms with Crippen LogP contribution in [0.15, 0.2) is 146 Å². The zero-order valence-corrected chi connectivity index (χ0v) is 30.2. The van der Waals surface area contributed by atoms with Gasteiger partial charge in [-0.3, -0.25) is 0 Å². The molecule has 3 aromatic carbocycles. The van der Waals surface area contributed by atoms with Gasteiger partial charge in [0.1, 0.15) is 0 Å². The topological polar surface area (TPSA) is 53.5 Å². The van der Waals surface area contributed by atoms with Crippen molar-refractivity contribution in [1.82, 2.24) is 29.1 Å². The number of nitrogens with zero attached hydrogens (tertiary/aromatic N) is 6. The molecular formula is C38H41BN6PRu. The normalized spacial score (nSPS) is 10.8. The molecule has 0 atom stereocenters. The third-order valence-electron chi connectivity index (χ3n) is 7.12. The van der Waals surface area contributed by atoms with Crippen molar-refractivity contribution in [2.45, 2.75) is 39.0 Å². The molecule has 3 heterocycles. The molecule has 6 nitrogen and oxygen atoms in total. The van der Waals surface area contributed by atoms with E-state index in [-0.39, 0.29) is 26.6 Å². The van der Waals surface area contributed by atoms with Crippen LogP contribution in [-0.4, -0.2) is 54.2 Å². The molecule has 6 rings (SSSR count). The molecule has 1 radical (unpaired) electrons. The van der Waals surface area contributed by atoms with Gasteiger partial charge in [0.15, 0.2) is 0 Å². The molecule has 0 saturated heterocycles. The van der Waals surface area contributed by atoms with Gasteiger partial charge in [-0.05, 0) is 66.9 Å². The van der Waals surface area contributed by atoms with E-state index in [0.29, 0.717) is 7.92 Å². The molecule has 3 aromatic heterocycles. The average molecular weight is 725 g/mol. The van der Waals surface area contributed by atoms with Crippen LogP contribution in [0.3, 0.4) is 0 Å². The van der Waals surface area contributed by atoms with Gasteiger partial charge in [-0.25, -0.2) is 15.3 Å². The van der Waals surface area contributed by atoms with E-state index in [2.05, 4.69) is 79.7 Å². The summed E-state index contributed by atoms with van der Waals surface area (Å²) >= 11 is 0. The summed E-state index contributed by atoms with van der Waals surface area (Å²) in [4.78, 5) is 0. The van der Waals surface area contributed by atoms with E-state index < -0.39 is 0 Å². The number of rotatable bonds is 7. The number of aromatic nitrogens is 6. The Kier molecular flexibility index (Phi) is 15.9. The van der Waals surface area contributed by atoms with Crippen molar-refractivity contribution >= 4 is 20.6 Å². The number of hydrogen-bond acceptors (Lipinski definition) is 3. The van der Waals surface area contributed by atoms with Crippen LogP contribution in [0, 0.1) is 17.9 Å².